The van der Waals surface area contributed by atoms with E-state index in [0.29, 0.717) is 32.1 Å². The highest BCUT2D eigenvalue weighted by Crippen LogP contribution is 2.76. The molecule has 9 aliphatic rings. The zero-order chi connectivity index (χ0) is 57.1. The van der Waals surface area contributed by atoms with Gasteiger partial charge < -0.3 is 109 Å². The summed E-state index contributed by atoms with van der Waals surface area (Å²) in [6, 6.07) is 0. The Morgan fingerprint density at radius 1 is 0.564 bits per heavy atom. The van der Waals surface area contributed by atoms with E-state index >= 15 is 0 Å². The molecule has 23 heteroatoms. The predicted molar refractivity (Wildman–Crippen MR) is 268 cm³/mol. The summed E-state index contributed by atoms with van der Waals surface area (Å²) in [5, 5.41) is 143. The largest absolute Gasteiger partial charge is 0.467 e. The molecule has 4 aliphatic heterocycles. The third-order valence-corrected chi connectivity index (χ3v) is 22.0. The number of aliphatic hydroxyl groups is 13. The van der Waals surface area contributed by atoms with Gasteiger partial charge in [0, 0.05) is 17.4 Å². The minimum absolute atomic E-state index is 0.00850. The number of allylic oxidation sites excluding steroid dienone is 2. The van der Waals surface area contributed by atoms with Crippen molar-refractivity contribution in [3.63, 3.8) is 0 Å². The second-order valence-electron chi connectivity index (χ2n) is 26.4. The first kappa shape index (κ1) is 60.9. The molecule has 0 aromatic carbocycles. The molecule has 5 aliphatic carbocycles. The maximum Gasteiger partial charge on any atom is 0.337 e. The van der Waals surface area contributed by atoms with Gasteiger partial charge in [-0.25, -0.2) is 4.79 Å². The third kappa shape index (κ3) is 9.68. The SMILES string of the molecule is COC(=O)[C@H]1O[C@@H](O[C@H]2CC[C@@]3(C)[C@@H](CC[C@]4(C)[C@@H]3CC=C3[C@@H]5C[C@](C)(CO)C[C@@H](O[C@@H]6O[C@@H](C)[C@H](O)[C@@H](O)[C@H]6O)[C@]5(C)CC[C@]34C)[C@@]2(C)CO)[C@H](O[C@@H]2O[C@H](CO)[C@H](O)[C@H](O)[C@H]2O[C@@H]2O[C@@H](C)[C@H](O)[C@@H](O)[C@H]2O)[C@@H](O)[C@@H]1O. The number of aliphatic hydroxyl groups excluding tert-OH is 13. The highest BCUT2D eigenvalue weighted by Gasteiger charge is 2.70. The standard InChI is InChI=1S/C55H90O23/c1-23-32(59)35(62)40(67)46(71-23)75-31-19-50(3,21-57)18-26-25-10-11-29-52(5)14-13-30(53(6,22-58)28(52)12-15-55(29,8)54(25,7)17-16-51(26,31)4)74-49-44(39(66)38(65)42(76-49)45(69)70-9)78-48-43(37(64)34(61)27(20-56)73-48)77-47-41(68)36(63)33(60)24(2)72-47/h10,23-24,26-44,46-49,56-68H,11-22H2,1-9H3/t23-,24-,26-,27+,28+,29+,30-,31+,32-,33-,34-,35+,36+,37-,38-,39-,40+,41+,42-,43+,44+,46-,47-,48-,49+,50-,51+,52-,53+,54+,55+/m0/s1. The van der Waals surface area contributed by atoms with E-state index in [4.69, 9.17) is 42.6 Å². The maximum absolute atomic E-state index is 13.2. The van der Waals surface area contributed by atoms with E-state index in [9.17, 15) is 71.2 Å². The number of methoxy groups -OCH3 is 1. The fraction of sp³-hybridized carbons (Fsp3) is 0.945. The summed E-state index contributed by atoms with van der Waals surface area (Å²) in [6.45, 7) is 15.1. The van der Waals surface area contributed by atoms with Crippen LogP contribution in [0.5, 0.6) is 0 Å². The van der Waals surface area contributed by atoms with Crippen LogP contribution in [0.2, 0.25) is 0 Å². The van der Waals surface area contributed by atoms with Gasteiger partial charge in [-0.15, -0.1) is 0 Å². The molecule has 4 saturated carbocycles. The molecule has 0 aromatic rings. The summed E-state index contributed by atoms with van der Waals surface area (Å²) in [5.41, 5.74) is -1.54. The van der Waals surface area contributed by atoms with Gasteiger partial charge in [0.25, 0.3) is 0 Å². The minimum atomic E-state index is -1.99. The van der Waals surface area contributed by atoms with Gasteiger partial charge in [-0.1, -0.05) is 53.2 Å². The predicted octanol–water partition coefficient (Wildman–Crippen LogP) is -1.38. The average Bonchev–Trinajstić information content (AvgIpc) is 3.40. The molecule has 31 atom stereocenters. The highest BCUT2D eigenvalue weighted by molar-refractivity contribution is 5.75. The number of fused-ring (bicyclic) bond motifs is 7. The molecular weight excluding hydrogens is 1030 g/mol. The van der Waals surface area contributed by atoms with Gasteiger partial charge in [-0.05, 0) is 111 Å². The van der Waals surface area contributed by atoms with Crippen molar-refractivity contribution in [2.24, 2.45) is 50.2 Å². The van der Waals surface area contributed by atoms with E-state index in [1.54, 1.807) is 6.92 Å². The molecule has 4 saturated heterocycles. The number of ether oxygens (including phenoxy) is 9. The van der Waals surface area contributed by atoms with Gasteiger partial charge in [0.1, 0.15) is 79.4 Å². The topological polar surface area (TPSA) is 363 Å². The van der Waals surface area contributed by atoms with Crippen LogP contribution in [0.25, 0.3) is 0 Å². The van der Waals surface area contributed by atoms with Crippen LogP contribution in [0, 0.1) is 50.2 Å². The number of carbonyl (C=O) groups is 1. The van der Waals surface area contributed by atoms with Gasteiger partial charge in [0.15, 0.2) is 31.3 Å². The van der Waals surface area contributed by atoms with E-state index in [1.165, 1.54) is 12.5 Å². The summed E-state index contributed by atoms with van der Waals surface area (Å²) >= 11 is 0. The first-order chi connectivity index (χ1) is 36.5. The van der Waals surface area contributed by atoms with Crippen molar-refractivity contribution < 1.29 is 114 Å². The smallest absolute Gasteiger partial charge is 0.337 e. The van der Waals surface area contributed by atoms with Crippen molar-refractivity contribution in [1.29, 1.82) is 0 Å². The minimum Gasteiger partial charge on any atom is -0.467 e. The second kappa shape index (κ2) is 22.1. The highest BCUT2D eigenvalue weighted by atomic mass is 16.8. The Kier molecular flexibility index (Phi) is 17.3. The van der Waals surface area contributed by atoms with Crippen molar-refractivity contribution in [3.05, 3.63) is 11.6 Å². The molecule has 4 heterocycles. The van der Waals surface area contributed by atoms with Crippen molar-refractivity contribution in [2.75, 3.05) is 26.9 Å². The lowest BCUT2D eigenvalue weighted by atomic mass is 9.33. The number of hydrogen-bond donors (Lipinski definition) is 13. The molecule has 0 aromatic heterocycles. The summed E-state index contributed by atoms with van der Waals surface area (Å²) in [4.78, 5) is 13.2. The van der Waals surface area contributed by atoms with Crippen LogP contribution in [0.1, 0.15) is 113 Å². The van der Waals surface area contributed by atoms with Gasteiger partial charge in [0.2, 0.25) is 0 Å². The number of carbonyl (C=O) groups excluding carboxylic acids is 1. The fourth-order valence-corrected chi connectivity index (χ4v) is 16.7. The van der Waals surface area contributed by atoms with Crippen molar-refractivity contribution >= 4 is 5.97 Å². The Morgan fingerprint density at radius 3 is 1.71 bits per heavy atom. The Labute approximate surface area is 455 Å². The van der Waals surface area contributed by atoms with E-state index in [0.717, 1.165) is 32.8 Å². The van der Waals surface area contributed by atoms with Crippen LogP contribution in [0.3, 0.4) is 0 Å². The van der Waals surface area contributed by atoms with Gasteiger partial charge >= 0.3 is 5.97 Å². The zero-order valence-corrected chi connectivity index (χ0v) is 46.4. The normalized spacial score (nSPS) is 56.3. The lowest BCUT2D eigenvalue weighted by Crippen LogP contribution is -2.68. The molecule has 9 rings (SSSR count). The van der Waals surface area contributed by atoms with E-state index in [-0.39, 0.29) is 47.2 Å². The molecule has 0 unspecified atom stereocenters. The first-order valence-corrected chi connectivity index (χ1v) is 28.2. The Bertz CT molecular complexity index is 2160. The molecule has 8 fully saturated rings. The molecule has 0 amide bonds. The van der Waals surface area contributed by atoms with E-state index < -0.39 is 164 Å². The molecule has 448 valence electrons. The van der Waals surface area contributed by atoms with Gasteiger partial charge in [-0.3, -0.25) is 0 Å². The number of esters is 1. The van der Waals surface area contributed by atoms with Crippen LogP contribution >= 0.6 is 0 Å². The Balaban J connectivity index is 0.991. The van der Waals surface area contributed by atoms with Crippen LogP contribution < -0.4 is 0 Å². The van der Waals surface area contributed by atoms with Crippen molar-refractivity contribution in [1.82, 2.24) is 0 Å². The van der Waals surface area contributed by atoms with Crippen LogP contribution in [-0.2, 0) is 47.4 Å². The molecule has 0 radical (unpaired) electrons. The second-order valence-corrected chi connectivity index (χ2v) is 26.4. The number of hydrogen-bond acceptors (Lipinski definition) is 23. The summed E-state index contributed by atoms with van der Waals surface area (Å²) in [7, 11) is 1.07. The molecule has 0 spiro atoms. The fourth-order valence-electron chi connectivity index (χ4n) is 16.7. The molecular formula is C55H90O23. The zero-order valence-electron chi connectivity index (χ0n) is 46.4. The first-order valence-electron chi connectivity index (χ1n) is 28.2. The molecule has 78 heavy (non-hydrogen) atoms. The average molecular weight is 1120 g/mol. The molecule has 0 bridgehead atoms. The molecule has 23 nitrogen and oxygen atoms in total. The summed E-state index contributed by atoms with van der Waals surface area (Å²) < 4.78 is 54.5. The lowest BCUT2D eigenvalue weighted by Gasteiger charge is -2.72. The quantitative estimate of drug-likeness (QED) is 0.0608. The van der Waals surface area contributed by atoms with E-state index in [1.807, 2.05) is 6.92 Å². The van der Waals surface area contributed by atoms with Crippen molar-refractivity contribution in [2.45, 2.75) is 248 Å². The van der Waals surface area contributed by atoms with Gasteiger partial charge in [0.05, 0.1) is 44.7 Å². The van der Waals surface area contributed by atoms with Crippen molar-refractivity contribution in [3.8, 4) is 0 Å². The Hall–Kier alpha value is -1.63. The van der Waals surface area contributed by atoms with Gasteiger partial charge in [-0.2, -0.15) is 0 Å². The summed E-state index contributed by atoms with van der Waals surface area (Å²) in [6.07, 6.45) is -25.1. The third-order valence-electron chi connectivity index (χ3n) is 22.0. The molecule has 13 N–H and O–H groups in total. The maximum atomic E-state index is 13.2. The lowest BCUT2D eigenvalue weighted by molar-refractivity contribution is -0.396. The summed E-state index contributed by atoms with van der Waals surface area (Å²) in [5.74, 6) is -1.08. The number of rotatable bonds is 12. The Morgan fingerprint density at radius 2 is 1.13 bits per heavy atom. The van der Waals surface area contributed by atoms with Crippen LogP contribution in [0.4, 0.5) is 0 Å². The van der Waals surface area contributed by atoms with Crippen LogP contribution in [0.15, 0.2) is 11.6 Å². The van der Waals surface area contributed by atoms with E-state index in [2.05, 4.69) is 40.7 Å². The monoisotopic (exact) mass is 1120 g/mol. The van der Waals surface area contributed by atoms with Crippen LogP contribution in [-0.4, -0.2) is 234 Å².